The van der Waals surface area contributed by atoms with Gasteiger partial charge in [-0.2, -0.15) is 0 Å². The number of carbonyl (C=O) groups is 1. The molecule has 0 spiro atoms. The van der Waals surface area contributed by atoms with Crippen molar-refractivity contribution in [3.63, 3.8) is 0 Å². The quantitative estimate of drug-likeness (QED) is 0.366. The molecular weight excluding hydrogens is 360 g/mol. The number of rotatable bonds is 6. The topological polar surface area (TPSA) is 44.1 Å². The first-order valence-electron chi connectivity index (χ1n) is 9.52. The van der Waals surface area contributed by atoms with Crippen LogP contribution in [0.2, 0.25) is 0 Å². The van der Waals surface area contributed by atoms with Crippen LogP contribution in [-0.2, 0) is 21.5 Å². The Hall–Kier alpha value is -3.66. The second kappa shape index (κ2) is 8.15. The zero-order valence-corrected chi connectivity index (χ0v) is 16.2. The van der Waals surface area contributed by atoms with Crippen LogP contribution in [0.4, 0.5) is 0 Å². The van der Waals surface area contributed by atoms with E-state index in [2.05, 4.69) is 45.9 Å². The lowest BCUT2D eigenvalue weighted by Crippen LogP contribution is -2.38. The molecule has 4 heteroatoms. The van der Waals surface area contributed by atoms with Gasteiger partial charge in [0.1, 0.15) is 5.54 Å². The van der Waals surface area contributed by atoms with Gasteiger partial charge in [-0.1, -0.05) is 91.0 Å². The zero-order valence-electron chi connectivity index (χ0n) is 16.2. The number of hydrogen-bond acceptors (Lipinski definition) is 3. The Labute approximate surface area is 170 Å². The van der Waals surface area contributed by atoms with Gasteiger partial charge in [0.2, 0.25) is 0 Å². The van der Waals surface area contributed by atoms with E-state index in [9.17, 15) is 4.79 Å². The molecule has 144 valence electrons. The van der Waals surface area contributed by atoms with Crippen molar-refractivity contribution in [3.8, 4) is 0 Å². The van der Waals surface area contributed by atoms with Crippen LogP contribution in [0.15, 0.2) is 104 Å². The highest BCUT2D eigenvalue weighted by atomic mass is 16.5. The van der Waals surface area contributed by atoms with Crippen molar-refractivity contribution in [2.75, 3.05) is 7.11 Å². The minimum absolute atomic E-state index is 0.144. The third kappa shape index (κ3) is 3.34. The first-order valence-corrected chi connectivity index (χ1v) is 9.52. The van der Waals surface area contributed by atoms with E-state index in [0.29, 0.717) is 0 Å². The van der Waals surface area contributed by atoms with Crippen LogP contribution in [0.1, 0.15) is 22.4 Å². The van der Waals surface area contributed by atoms with Gasteiger partial charge in [0.15, 0.2) is 0 Å². The Kier molecular flexibility index (Phi) is 5.25. The summed E-state index contributed by atoms with van der Waals surface area (Å²) in [4.78, 5) is 16.5. The number of aromatic nitrogens is 2. The molecule has 0 saturated heterocycles. The lowest BCUT2D eigenvalue weighted by atomic mass is 9.76. The fourth-order valence-electron chi connectivity index (χ4n) is 3.93. The second-order valence-electron chi connectivity index (χ2n) is 6.82. The monoisotopic (exact) mass is 382 g/mol. The summed E-state index contributed by atoms with van der Waals surface area (Å²) in [6.07, 6.45) is 3.68. The first-order chi connectivity index (χ1) is 14.3. The van der Waals surface area contributed by atoms with Gasteiger partial charge in [-0.3, -0.25) is 4.79 Å². The minimum Gasteiger partial charge on any atom is -0.469 e. The molecule has 4 nitrogen and oxygen atoms in total. The molecule has 0 aliphatic carbocycles. The Morgan fingerprint density at radius 2 is 1.28 bits per heavy atom. The lowest BCUT2D eigenvalue weighted by Gasteiger charge is -2.38. The molecule has 29 heavy (non-hydrogen) atoms. The number of hydrogen-bond donors (Lipinski definition) is 0. The number of benzene rings is 3. The molecule has 0 aliphatic heterocycles. The average Bonchev–Trinajstić information content (AvgIpc) is 3.25. The largest absolute Gasteiger partial charge is 0.469 e. The van der Waals surface area contributed by atoms with Crippen molar-refractivity contribution in [3.05, 3.63) is 126 Å². The second-order valence-corrected chi connectivity index (χ2v) is 6.82. The van der Waals surface area contributed by atoms with E-state index < -0.39 is 5.54 Å². The summed E-state index contributed by atoms with van der Waals surface area (Å²) >= 11 is 0. The number of methoxy groups -OCH3 is 1. The van der Waals surface area contributed by atoms with E-state index in [1.165, 1.54) is 7.11 Å². The summed E-state index contributed by atoms with van der Waals surface area (Å²) < 4.78 is 7.02. The van der Waals surface area contributed by atoms with Crippen molar-refractivity contribution in [2.45, 2.75) is 12.0 Å². The van der Waals surface area contributed by atoms with E-state index in [-0.39, 0.29) is 12.4 Å². The van der Waals surface area contributed by atoms with Crippen LogP contribution in [0, 0.1) is 0 Å². The number of nitrogens with zero attached hydrogens (tertiary/aromatic N) is 2. The highest BCUT2D eigenvalue weighted by Gasteiger charge is 2.39. The normalized spacial score (nSPS) is 11.2. The Morgan fingerprint density at radius 1 is 0.828 bits per heavy atom. The van der Waals surface area contributed by atoms with Crippen LogP contribution < -0.4 is 0 Å². The maximum absolute atomic E-state index is 12.1. The first kappa shape index (κ1) is 18.7. The van der Waals surface area contributed by atoms with Gasteiger partial charge in [-0.15, -0.1) is 0 Å². The van der Waals surface area contributed by atoms with Gasteiger partial charge in [-0.05, 0) is 16.7 Å². The summed E-state index contributed by atoms with van der Waals surface area (Å²) in [7, 11) is 1.40. The third-order valence-corrected chi connectivity index (χ3v) is 5.20. The maximum Gasteiger partial charge on any atom is 0.311 e. The molecule has 0 radical (unpaired) electrons. The molecule has 1 aromatic heterocycles. The number of ether oxygens (including phenoxy) is 1. The minimum atomic E-state index is -0.677. The van der Waals surface area contributed by atoms with Gasteiger partial charge >= 0.3 is 5.97 Å². The van der Waals surface area contributed by atoms with Gasteiger partial charge in [-0.25, -0.2) is 4.98 Å². The fourth-order valence-corrected chi connectivity index (χ4v) is 3.93. The molecule has 1 heterocycles. The molecule has 0 amide bonds. The third-order valence-electron chi connectivity index (χ3n) is 5.20. The van der Waals surface area contributed by atoms with E-state index in [0.717, 1.165) is 22.4 Å². The van der Waals surface area contributed by atoms with Crippen molar-refractivity contribution in [2.24, 2.45) is 0 Å². The Morgan fingerprint density at radius 3 is 1.69 bits per heavy atom. The van der Waals surface area contributed by atoms with E-state index >= 15 is 0 Å². The lowest BCUT2D eigenvalue weighted by molar-refractivity contribution is -0.139. The molecular formula is C25H22N2O2. The molecule has 0 saturated carbocycles. The van der Waals surface area contributed by atoms with Crippen molar-refractivity contribution in [1.29, 1.82) is 0 Å². The summed E-state index contributed by atoms with van der Waals surface area (Å²) in [5, 5.41) is 0. The molecule has 0 fully saturated rings. The molecule has 0 bridgehead atoms. The van der Waals surface area contributed by atoms with Crippen LogP contribution >= 0.6 is 0 Å². The van der Waals surface area contributed by atoms with E-state index in [1.54, 1.807) is 12.5 Å². The van der Waals surface area contributed by atoms with Gasteiger partial charge in [0.25, 0.3) is 0 Å². The standard InChI is InChI=1S/C25H22N2O2/c1-29-24(28)17-23-18-26-19-27(23)25(20-11-5-2-6-12-20,21-13-7-3-8-14-21)22-15-9-4-10-16-22/h2-16,18-19H,17H2,1H3. The van der Waals surface area contributed by atoms with Crippen molar-refractivity contribution in [1.82, 2.24) is 9.55 Å². The van der Waals surface area contributed by atoms with E-state index in [1.807, 2.05) is 54.6 Å². The zero-order chi connectivity index (χ0) is 20.1. The van der Waals surface area contributed by atoms with Crippen LogP contribution in [0.3, 0.4) is 0 Å². The Bertz CT molecular complexity index is 977. The highest BCUT2D eigenvalue weighted by molar-refractivity contribution is 5.72. The average molecular weight is 382 g/mol. The van der Waals surface area contributed by atoms with Crippen LogP contribution in [0.5, 0.6) is 0 Å². The van der Waals surface area contributed by atoms with Crippen molar-refractivity contribution >= 4 is 5.97 Å². The molecule has 0 aliphatic rings. The van der Waals surface area contributed by atoms with Crippen molar-refractivity contribution < 1.29 is 9.53 Å². The summed E-state index contributed by atoms with van der Waals surface area (Å²) in [5.41, 5.74) is 3.36. The van der Waals surface area contributed by atoms with E-state index in [4.69, 9.17) is 4.74 Å². The SMILES string of the molecule is COC(=O)Cc1cncn1C(c1ccccc1)(c1ccccc1)c1ccccc1. The van der Waals surface area contributed by atoms with Gasteiger partial charge in [0, 0.05) is 11.9 Å². The predicted molar refractivity (Wildman–Crippen MR) is 113 cm³/mol. The molecule has 0 atom stereocenters. The summed E-state index contributed by atoms with van der Waals surface area (Å²) in [5.74, 6) is -0.296. The number of carbonyl (C=O) groups excluding carboxylic acids is 1. The Balaban J connectivity index is 2.08. The number of esters is 1. The maximum atomic E-state index is 12.1. The molecule has 0 unspecified atom stereocenters. The smallest absolute Gasteiger partial charge is 0.311 e. The molecule has 0 N–H and O–H groups in total. The summed E-state index contributed by atoms with van der Waals surface area (Å²) in [6, 6.07) is 30.9. The highest BCUT2D eigenvalue weighted by Crippen LogP contribution is 2.41. The molecule has 4 rings (SSSR count). The van der Waals surface area contributed by atoms with Crippen LogP contribution in [0.25, 0.3) is 0 Å². The number of imidazole rings is 1. The van der Waals surface area contributed by atoms with Gasteiger partial charge in [0.05, 0.1) is 19.9 Å². The molecule has 4 aromatic rings. The summed E-state index contributed by atoms with van der Waals surface area (Å²) in [6.45, 7) is 0. The van der Waals surface area contributed by atoms with Crippen LogP contribution in [-0.4, -0.2) is 22.6 Å². The molecule has 3 aromatic carbocycles. The predicted octanol–water partition coefficient (Wildman–Crippen LogP) is 4.44. The van der Waals surface area contributed by atoms with Gasteiger partial charge < -0.3 is 9.30 Å². The fraction of sp³-hybridized carbons (Fsp3) is 0.120.